The van der Waals surface area contributed by atoms with E-state index >= 15 is 0 Å². The molecule has 0 atom stereocenters. The Bertz CT molecular complexity index is 519. The first-order chi connectivity index (χ1) is 8.10. The number of hydrogen-bond donors (Lipinski definition) is 2. The normalized spacial score (nSPS) is 11.1. The lowest BCUT2D eigenvalue weighted by Crippen LogP contribution is -2.17. The van der Waals surface area contributed by atoms with Gasteiger partial charge in [0.1, 0.15) is 29.3 Å². The van der Waals surface area contributed by atoms with E-state index in [1.165, 1.54) is 18.2 Å². The Morgan fingerprint density at radius 2 is 2.12 bits per heavy atom. The van der Waals surface area contributed by atoms with Crippen molar-refractivity contribution in [2.24, 2.45) is 5.73 Å². The van der Waals surface area contributed by atoms with Crippen molar-refractivity contribution in [3.8, 4) is 12.1 Å². The maximum Gasteiger partial charge on any atom is 0.148 e. The molecule has 0 bridgehead atoms. The molecule has 4 nitrogen and oxygen atoms in total. The Morgan fingerprint density at radius 1 is 1.41 bits per heavy atom. The molecular weight excluding hydrogens is 243 g/mol. The molecule has 6 heteroatoms. The van der Waals surface area contributed by atoms with Crippen molar-refractivity contribution in [2.45, 2.75) is 6.54 Å². The van der Waals surface area contributed by atoms with Crippen molar-refractivity contribution < 1.29 is 4.39 Å². The molecule has 86 valence electrons. The monoisotopic (exact) mass is 250 g/mol. The fourth-order valence-corrected chi connectivity index (χ4v) is 1.36. The minimum absolute atomic E-state index is 0.0171. The molecule has 0 amide bonds. The average Bonchev–Trinajstić information content (AvgIpc) is 2.32. The number of halogens is 2. The number of nitriles is 2. The molecule has 0 saturated heterocycles. The van der Waals surface area contributed by atoms with Gasteiger partial charge in [-0.05, 0) is 12.1 Å². The van der Waals surface area contributed by atoms with Gasteiger partial charge in [-0.2, -0.15) is 10.5 Å². The van der Waals surface area contributed by atoms with E-state index in [4.69, 9.17) is 27.9 Å². The molecule has 0 aliphatic rings. The van der Waals surface area contributed by atoms with Crippen molar-refractivity contribution >= 4 is 11.6 Å². The molecule has 0 unspecified atom stereocenters. The minimum Gasteiger partial charge on any atom is -0.388 e. The van der Waals surface area contributed by atoms with E-state index < -0.39 is 5.82 Å². The van der Waals surface area contributed by atoms with Crippen molar-refractivity contribution in [2.75, 3.05) is 0 Å². The molecule has 0 saturated carbocycles. The van der Waals surface area contributed by atoms with Gasteiger partial charge in [0, 0.05) is 17.1 Å². The van der Waals surface area contributed by atoms with E-state index in [1.54, 1.807) is 12.1 Å². The fraction of sp³-hybridized carbons (Fsp3) is 0.0909. The van der Waals surface area contributed by atoms with E-state index in [2.05, 4.69) is 5.32 Å². The third-order valence-electron chi connectivity index (χ3n) is 2.01. The number of nitrogens with one attached hydrogen (secondary N) is 1. The minimum atomic E-state index is -0.488. The summed E-state index contributed by atoms with van der Waals surface area (Å²) >= 11 is 5.79. The standard InChI is InChI=1S/C11H8ClFN4/c12-8-2-1-3-9(13)7(8)6-17-11(5-15)10(16)4-14/h1-3,17H,6,16H2. The Morgan fingerprint density at radius 3 is 2.65 bits per heavy atom. The molecule has 0 aromatic heterocycles. The van der Waals surface area contributed by atoms with Gasteiger partial charge < -0.3 is 11.1 Å². The quantitative estimate of drug-likeness (QED) is 0.801. The zero-order valence-corrected chi connectivity index (χ0v) is 9.42. The molecule has 0 heterocycles. The molecule has 0 aliphatic heterocycles. The molecule has 1 aromatic rings. The van der Waals surface area contributed by atoms with Crippen LogP contribution in [0.25, 0.3) is 0 Å². The SMILES string of the molecule is N#CC(N)=C(C#N)NCc1c(F)cccc1Cl. The highest BCUT2D eigenvalue weighted by atomic mass is 35.5. The second-order valence-corrected chi connectivity index (χ2v) is 3.47. The van der Waals surface area contributed by atoms with E-state index in [-0.39, 0.29) is 28.5 Å². The van der Waals surface area contributed by atoms with E-state index in [0.29, 0.717) is 0 Å². The van der Waals surface area contributed by atoms with Crippen LogP contribution < -0.4 is 11.1 Å². The highest BCUT2D eigenvalue weighted by Gasteiger charge is 2.08. The molecule has 0 aliphatic carbocycles. The van der Waals surface area contributed by atoms with Gasteiger partial charge in [0.2, 0.25) is 0 Å². The lowest BCUT2D eigenvalue weighted by atomic mass is 10.2. The van der Waals surface area contributed by atoms with Gasteiger partial charge in [-0.25, -0.2) is 4.39 Å². The molecule has 1 rings (SSSR count). The smallest absolute Gasteiger partial charge is 0.148 e. The first-order valence-electron chi connectivity index (χ1n) is 4.56. The van der Waals surface area contributed by atoms with E-state index in [9.17, 15) is 4.39 Å². The number of nitrogens with zero attached hydrogens (tertiary/aromatic N) is 2. The first kappa shape index (κ1) is 12.8. The van der Waals surface area contributed by atoms with E-state index in [0.717, 1.165) is 0 Å². The lowest BCUT2D eigenvalue weighted by molar-refractivity contribution is 0.602. The Hall–Kier alpha value is -2.24. The van der Waals surface area contributed by atoms with Crippen molar-refractivity contribution in [3.05, 3.63) is 46.0 Å². The van der Waals surface area contributed by atoms with Gasteiger partial charge in [-0.15, -0.1) is 0 Å². The largest absolute Gasteiger partial charge is 0.388 e. The van der Waals surface area contributed by atoms with Crippen LogP contribution in [0.5, 0.6) is 0 Å². The van der Waals surface area contributed by atoms with Crippen LogP contribution in [-0.4, -0.2) is 0 Å². The van der Waals surface area contributed by atoms with Crippen molar-refractivity contribution in [3.63, 3.8) is 0 Å². The highest BCUT2D eigenvalue weighted by Crippen LogP contribution is 2.18. The molecule has 0 fully saturated rings. The third-order valence-corrected chi connectivity index (χ3v) is 2.36. The molecule has 3 N–H and O–H groups in total. The summed E-state index contributed by atoms with van der Waals surface area (Å²) in [7, 11) is 0. The van der Waals surface area contributed by atoms with Crippen molar-refractivity contribution in [1.29, 1.82) is 10.5 Å². The third kappa shape index (κ3) is 3.10. The summed E-state index contributed by atoms with van der Waals surface area (Å²) in [6.45, 7) is -0.0171. The second-order valence-electron chi connectivity index (χ2n) is 3.07. The zero-order valence-electron chi connectivity index (χ0n) is 8.67. The summed E-state index contributed by atoms with van der Waals surface area (Å²) in [5.41, 5.74) is 5.14. The highest BCUT2D eigenvalue weighted by molar-refractivity contribution is 6.31. The number of allylic oxidation sites excluding steroid dienone is 2. The Labute approximate surface area is 103 Å². The van der Waals surface area contributed by atoms with Gasteiger partial charge in [0.15, 0.2) is 0 Å². The second kappa shape index (κ2) is 5.74. The number of benzene rings is 1. The van der Waals surface area contributed by atoms with Crippen LogP contribution in [0.3, 0.4) is 0 Å². The predicted octanol–water partition coefficient (Wildman–Crippen LogP) is 1.79. The summed E-state index contributed by atoms with van der Waals surface area (Å²) < 4.78 is 13.4. The van der Waals surface area contributed by atoms with Gasteiger partial charge >= 0.3 is 0 Å². The predicted molar refractivity (Wildman–Crippen MR) is 60.7 cm³/mol. The zero-order chi connectivity index (χ0) is 12.8. The number of nitrogens with two attached hydrogens (primary N) is 1. The molecular formula is C11H8ClFN4. The van der Waals surface area contributed by atoms with Crippen LogP contribution in [0.1, 0.15) is 5.56 Å². The first-order valence-corrected chi connectivity index (χ1v) is 4.94. The van der Waals surface area contributed by atoms with Crippen LogP contribution in [0.15, 0.2) is 29.6 Å². The maximum absolute atomic E-state index is 13.4. The number of hydrogen-bond acceptors (Lipinski definition) is 4. The van der Waals surface area contributed by atoms with Crippen molar-refractivity contribution in [1.82, 2.24) is 5.32 Å². The Kier molecular flexibility index (Phi) is 4.33. The fourth-order valence-electron chi connectivity index (χ4n) is 1.13. The lowest BCUT2D eigenvalue weighted by Gasteiger charge is -2.08. The summed E-state index contributed by atoms with van der Waals surface area (Å²) in [6.07, 6.45) is 0. The summed E-state index contributed by atoms with van der Waals surface area (Å²) in [5.74, 6) is -0.488. The van der Waals surface area contributed by atoms with Crippen LogP contribution in [0, 0.1) is 28.5 Å². The van der Waals surface area contributed by atoms with Crippen LogP contribution >= 0.6 is 11.6 Å². The summed E-state index contributed by atoms with van der Waals surface area (Å²) in [4.78, 5) is 0. The summed E-state index contributed by atoms with van der Waals surface area (Å²) in [5, 5.41) is 20.0. The van der Waals surface area contributed by atoms with Gasteiger partial charge in [0.25, 0.3) is 0 Å². The number of rotatable bonds is 3. The van der Waals surface area contributed by atoms with Crippen LogP contribution in [-0.2, 0) is 6.54 Å². The average molecular weight is 251 g/mol. The maximum atomic E-state index is 13.4. The molecule has 0 spiro atoms. The molecule has 1 aromatic carbocycles. The van der Waals surface area contributed by atoms with Crippen LogP contribution in [0.2, 0.25) is 5.02 Å². The molecule has 17 heavy (non-hydrogen) atoms. The van der Waals surface area contributed by atoms with Gasteiger partial charge in [-0.1, -0.05) is 17.7 Å². The molecule has 0 radical (unpaired) electrons. The Balaban J connectivity index is 2.89. The topological polar surface area (TPSA) is 85.6 Å². The van der Waals surface area contributed by atoms with E-state index in [1.807, 2.05) is 0 Å². The van der Waals surface area contributed by atoms with Crippen LogP contribution in [0.4, 0.5) is 4.39 Å². The summed E-state index contributed by atoms with van der Waals surface area (Å²) in [6, 6.07) is 7.61. The van der Waals surface area contributed by atoms with Gasteiger partial charge in [0.05, 0.1) is 0 Å². The van der Waals surface area contributed by atoms with Gasteiger partial charge in [-0.3, -0.25) is 0 Å².